The quantitative estimate of drug-likeness (QED) is 0.806. The molecule has 3 aromatic rings. The van der Waals surface area contributed by atoms with Crippen molar-refractivity contribution in [2.24, 2.45) is 0 Å². The molecule has 2 aromatic carbocycles. The minimum Gasteiger partial charge on any atom is -0.322 e. The van der Waals surface area contributed by atoms with E-state index in [0.717, 1.165) is 16.9 Å². The molecule has 5 nitrogen and oxygen atoms in total. The maximum Gasteiger partial charge on any atom is 0.255 e. The minimum absolute atomic E-state index is 0.131. The van der Waals surface area contributed by atoms with Gasteiger partial charge in [-0.2, -0.15) is 5.10 Å². The van der Waals surface area contributed by atoms with Crippen LogP contribution < -0.4 is 5.32 Å². The minimum atomic E-state index is -0.131. The van der Waals surface area contributed by atoms with Gasteiger partial charge in [-0.3, -0.25) is 4.79 Å². The van der Waals surface area contributed by atoms with Gasteiger partial charge in [0.15, 0.2) is 0 Å². The van der Waals surface area contributed by atoms with Gasteiger partial charge in [0, 0.05) is 11.3 Å². The van der Waals surface area contributed by atoms with Crippen LogP contribution in [-0.4, -0.2) is 20.7 Å². The van der Waals surface area contributed by atoms with Crippen molar-refractivity contribution >= 4 is 11.6 Å². The van der Waals surface area contributed by atoms with Crippen molar-refractivity contribution in [2.45, 2.75) is 13.8 Å². The van der Waals surface area contributed by atoms with E-state index in [-0.39, 0.29) is 5.91 Å². The number of anilines is 1. The van der Waals surface area contributed by atoms with Gasteiger partial charge in [-0.1, -0.05) is 6.07 Å². The van der Waals surface area contributed by atoms with Crippen LogP contribution in [-0.2, 0) is 0 Å². The van der Waals surface area contributed by atoms with Crippen molar-refractivity contribution in [1.82, 2.24) is 14.8 Å². The van der Waals surface area contributed by atoms with Gasteiger partial charge in [-0.15, -0.1) is 0 Å². The van der Waals surface area contributed by atoms with Crippen molar-refractivity contribution in [1.29, 1.82) is 0 Å². The number of carbonyl (C=O) groups is 1. The van der Waals surface area contributed by atoms with Gasteiger partial charge in [0.05, 0.1) is 5.69 Å². The van der Waals surface area contributed by atoms with E-state index in [9.17, 15) is 4.79 Å². The molecular formula is C17H16N4O. The summed E-state index contributed by atoms with van der Waals surface area (Å²) in [6.45, 7) is 4.07. The van der Waals surface area contributed by atoms with Gasteiger partial charge in [0.25, 0.3) is 5.91 Å². The fourth-order valence-corrected chi connectivity index (χ4v) is 2.13. The van der Waals surface area contributed by atoms with Crippen LogP contribution in [0.25, 0.3) is 5.69 Å². The Labute approximate surface area is 128 Å². The Hall–Kier alpha value is -2.95. The zero-order valence-electron chi connectivity index (χ0n) is 12.4. The summed E-state index contributed by atoms with van der Waals surface area (Å²) in [5.74, 6) is -0.131. The lowest BCUT2D eigenvalue weighted by Gasteiger charge is -2.08. The summed E-state index contributed by atoms with van der Waals surface area (Å²) in [5.41, 5.74) is 4.62. The van der Waals surface area contributed by atoms with Crippen LogP contribution in [0.1, 0.15) is 21.5 Å². The highest BCUT2D eigenvalue weighted by Crippen LogP contribution is 2.16. The molecule has 110 valence electrons. The van der Waals surface area contributed by atoms with Crippen LogP contribution in [0.3, 0.4) is 0 Å². The maximum absolute atomic E-state index is 12.3. The van der Waals surface area contributed by atoms with E-state index >= 15 is 0 Å². The van der Waals surface area contributed by atoms with Crippen molar-refractivity contribution in [3.63, 3.8) is 0 Å². The first-order chi connectivity index (χ1) is 10.6. The smallest absolute Gasteiger partial charge is 0.255 e. The monoisotopic (exact) mass is 292 g/mol. The van der Waals surface area contributed by atoms with Gasteiger partial charge in [0.1, 0.15) is 12.7 Å². The summed E-state index contributed by atoms with van der Waals surface area (Å²) in [7, 11) is 0. The molecule has 0 radical (unpaired) electrons. The summed E-state index contributed by atoms with van der Waals surface area (Å²) in [6, 6.07) is 13.1. The highest BCUT2D eigenvalue weighted by Gasteiger charge is 2.07. The molecule has 0 aliphatic heterocycles. The number of amides is 1. The van der Waals surface area contributed by atoms with E-state index in [1.54, 1.807) is 23.1 Å². The van der Waals surface area contributed by atoms with Gasteiger partial charge in [-0.25, -0.2) is 9.67 Å². The van der Waals surface area contributed by atoms with Crippen LogP contribution >= 0.6 is 0 Å². The Morgan fingerprint density at radius 2 is 1.82 bits per heavy atom. The standard InChI is InChI=1S/C17H16N4O/c1-12-3-6-15(9-13(12)2)20-17(22)14-4-7-16(8-5-14)21-11-18-10-19-21/h3-11H,1-2H3,(H,20,22). The average molecular weight is 292 g/mol. The molecular weight excluding hydrogens is 276 g/mol. The van der Waals surface area contributed by atoms with Crippen LogP contribution in [0.2, 0.25) is 0 Å². The molecule has 0 bridgehead atoms. The van der Waals surface area contributed by atoms with E-state index < -0.39 is 0 Å². The molecule has 1 heterocycles. The molecule has 1 N–H and O–H groups in total. The third kappa shape index (κ3) is 2.88. The Morgan fingerprint density at radius 3 is 2.45 bits per heavy atom. The Balaban J connectivity index is 1.76. The molecule has 0 fully saturated rings. The van der Waals surface area contributed by atoms with Crippen LogP contribution in [0.4, 0.5) is 5.69 Å². The normalized spacial score (nSPS) is 10.5. The first-order valence-corrected chi connectivity index (χ1v) is 6.97. The number of rotatable bonds is 3. The van der Waals surface area contributed by atoms with E-state index in [1.807, 2.05) is 44.2 Å². The third-order valence-corrected chi connectivity index (χ3v) is 3.58. The largest absolute Gasteiger partial charge is 0.322 e. The summed E-state index contributed by atoms with van der Waals surface area (Å²) in [4.78, 5) is 16.2. The first kappa shape index (κ1) is 14.0. The molecule has 0 aliphatic carbocycles. The zero-order chi connectivity index (χ0) is 15.5. The summed E-state index contributed by atoms with van der Waals surface area (Å²) in [5, 5.41) is 6.96. The lowest BCUT2D eigenvalue weighted by atomic mass is 10.1. The van der Waals surface area contributed by atoms with Gasteiger partial charge >= 0.3 is 0 Å². The lowest BCUT2D eigenvalue weighted by molar-refractivity contribution is 0.102. The van der Waals surface area contributed by atoms with Crippen LogP contribution in [0.5, 0.6) is 0 Å². The maximum atomic E-state index is 12.3. The predicted octanol–water partition coefficient (Wildman–Crippen LogP) is 3.14. The van der Waals surface area contributed by atoms with E-state index in [0.29, 0.717) is 5.56 Å². The second kappa shape index (κ2) is 5.81. The molecule has 1 amide bonds. The number of aryl methyl sites for hydroxylation is 2. The molecule has 1 aromatic heterocycles. The molecule has 22 heavy (non-hydrogen) atoms. The first-order valence-electron chi connectivity index (χ1n) is 6.97. The summed E-state index contributed by atoms with van der Waals surface area (Å²) in [6.07, 6.45) is 3.09. The Kier molecular flexibility index (Phi) is 3.70. The van der Waals surface area contributed by atoms with Crippen molar-refractivity contribution in [3.05, 3.63) is 71.8 Å². The Bertz CT molecular complexity index is 792. The molecule has 3 rings (SSSR count). The molecule has 0 unspecified atom stereocenters. The molecule has 5 heteroatoms. The fourth-order valence-electron chi connectivity index (χ4n) is 2.13. The molecule has 0 aliphatic rings. The van der Waals surface area contributed by atoms with E-state index in [4.69, 9.17) is 0 Å². The van der Waals surface area contributed by atoms with Gasteiger partial charge in [0.2, 0.25) is 0 Å². The SMILES string of the molecule is Cc1ccc(NC(=O)c2ccc(-n3cncn3)cc2)cc1C. The summed E-state index contributed by atoms with van der Waals surface area (Å²) < 4.78 is 1.64. The van der Waals surface area contributed by atoms with Crippen molar-refractivity contribution in [2.75, 3.05) is 5.32 Å². The van der Waals surface area contributed by atoms with Crippen LogP contribution in [0, 0.1) is 13.8 Å². The highest BCUT2D eigenvalue weighted by atomic mass is 16.1. The number of nitrogens with zero attached hydrogens (tertiary/aromatic N) is 3. The number of hydrogen-bond donors (Lipinski definition) is 1. The molecule has 0 spiro atoms. The third-order valence-electron chi connectivity index (χ3n) is 3.58. The van der Waals surface area contributed by atoms with E-state index in [2.05, 4.69) is 15.4 Å². The van der Waals surface area contributed by atoms with Crippen molar-refractivity contribution in [3.8, 4) is 5.69 Å². The zero-order valence-corrected chi connectivity index (χ0v) is 12.4. The second-order valence-corrected chi connectivity index (χ2v) is 5.14. The number of aromatic nitrogens is 3. The van der Waals surface area contributed by atoms with E-state index in [1.165, 1.54) is 11.9 Å². The number of carbonyl (C=O) groups excluding carboxylic acids is 1. The highest BCUT2D eigenvalue weighted by molar-refractivity contribution is 6.04. The topological polar surface area (TPSA) is 59.8 Å². The number of hydrogen-bond acceptors (Lipinski definition) is 3. The lowest BCUT2D eigenvalue weighted by Crippen LogP contribution is -2.12. The van der Waals surface area contributed by atoms with Gasteiger partial charge < -0.3 is 5.32 Å². The molecule has 0 saturated carbocycles. The fraction of sp³-hybridized carbons (Fsp3) is 0.118. The number of benzene rings is 2. The second-order valence-electron chi connectivity index (χ2n) is 5.14. The predicted molar refractivity (Wildman–Crippen MR) is 85.2 cm³/mol. The van der Waals surface area contributed by atoms with Crippen LogP contribution in [0.15, 0.2) is 55.1 Å². The average Bonchev–Trinajstić information content (AvgIpc) is 3.05. The van der Waals surface area contributed by atoms with Crippen molar-refractivity contribution < 1.29 is 4.79 Å². The number of nitrogens with one attached hydrogen (secondary N) is 1. The molecule has 0 atom stereocenters. The molecule has 0 saturated heterocycles. The van der Waals surface area contributed by atoms with Gasteiger partial charge in [-0.05, 0) is 61.4 Å². The summed E-state index contributed by atoms with van der Waals surface area (Å²) >= 11 is 0. The Morgan fingerprint density at radius 1 is 1.05 bits per heavy atom.